The van der Waals surface area contributed by atoms with Crippen LogP contribution in [0.4, 0.5) is 0 Å². The number of carboxylic acids is 1. The highest BCUT2D eigenvalue weighted by Crippen LogP contribution is 2.28. The van der Waals surface area contributed by atoms with Crippen molar-refractivity contribution in [1.82, 2.24) is 19.9 Å². The van der Waals surface area contributed by atoms with Crippen LogP contribution in [0.2, 0.25) is 0 Å². The summed E-state index contributed by atoms with van der Waals surface area (Å²) in [6, 6.07) is 0.296. The van der Waals surface area contributed by atoms with Crippen molar-refractivity contribution >= 4 is 5.97 Å². The zero-order valence-electron chi connectivity index (χ0n) is 11.0. The summed E-state index contributed by atoms with van der Waals surface area (Å²) in [7, 11) is 0. The average Bonchev–Trinajstić information content (AvgIpc) is 2.84. The van der Waals surface area contributed by atoms with E-state index in [9.17, 15) is 4.79 Å². The van der Waals surface area contributed by atoms with Gasteiger partial charge in [0.05, 0.1) is 12.2 Å². The van der Waals surface area contributed by atoms with Crippen molar-refractivity contribution in [2.24, 2.45) is 5.92 Å². The third-order valence-corrected chi connectivity index (χ3v) is 4.28. The average molecular weight is 264 g/mol. The highest BCUT2D eigenvalue weighted by Gasteiger charge is 2.31. The highest BCUT2D eigenvalue weighted by atomic mass is 16.4. The van der Waals surface area contributed by atoms with Crippen molar-refractivity contribution in [3.63, 3.8) is 0 Å². The summed E-state index contributed by atoms with van der Waals surface area (Å²) in [5, 5.41) is 16.4. The molecule has 6 nitrogen and oxygen atoms in total. The Balaban J connectivity index is 1.47. The summed E-state index contributed by atoms with van der Waals surface area (Å²) in [4.78, 5) is 13.2. The van der Waals surface area contributed by atoms with Crippen LogP contribution in [0.25, 0.3) is 0 Å². The van der Waals surface area contributed by atoms with Crippen LogP contribution in [0.15, 0.2) is 6.20 Å². The van der Waals surface area contributed by atoms with Crippen LogP contribution in [0.5, 0.6) is 0 Å². The van der Waals surface area contributed by atoms with E-state index in [0.29, 0.717) is 6.04 Å². The largest absolute Gasteiger partial charge is 0.476 e. The summed E-state index contributed by atoms with van der Waals surface area (Å²) >= 11 is 0. The third-order valence-electron chi connectivity index (χ3n) is 4.28. The van der Waals surface area contributed by atoms with Crippen molar-refractivity contribution in [2.45, 2.75) is 38.1 Å². The molecule has 1 aromatic heterocycles. The first-order valence-corrected chi connectivity index (χ1v) is 7.10. The number of hydrogen-bond donors (Lipinski definition) is 1. The normalized spacial score (nSPS) is 22.3. The van der Waals surface area contributed by atoms with Gasteiger partial charge in [0.25, 0.3) is 0 Å². The van der Waals surface area contributed by atoms with Crippen LogP contribution in [-0.2, 0) is 0 Å². The SMILES string of the molecule is O=C(O)c1cn(C2CN(CC3CCCCC3)C2)nn1. The van der Waals surface area contributed by atoms with Gasteiger partial charge >= 0.3 is 5.97 Å². The molecule has 1 N–H and O–H groups in total. The van der Waals surface area contributed by atoms with Gasteiger partial charge in [0, 0.05) is 19.6 Å². The second-order valence-electron chi connectivity index (χ2n) is 5.77. The molecule has 1 aliphatic heterocycles. The Kier molecular flexibility index (Phi) is 3.50. The first kappa shape index (κ1) is 12.6. The molecule has 1 aliphatic carbocycles. The van der Waals surface area contributed by atoms with E-state index in [1.54, 1.807) is 4.68 Å². The fraction of sp³-hybridized carbons (Fsp3) is 0.769. The van der Waals surface area contributed by atoms with Gasteiger partial charge in [0.1, 0.15) is 0 Å². The zero-order chi connectivity index (χ0) is 13.2. The molecule has 0 atom stereocenters. The second kappa shape index (κ2) is 5.28. The molecule has 2 heterocycles. The predicted molar refractivity (Wildman–Crippen MR) is 69.0 cm³/mol. The van der Waals surface area contributed by atoms with E-state index >= 15 is 0 Å². The minimum Gasteiger partial charge on any atom is -0.476 e. The Bertz CT molecular complexity index is 447. The number of aromatic nitrogens is 3. The van der Waals surface area contributed by atoms with Crippen molar-refractivity contribution in [3.8, 4) is 0 Å². The van der Waals surface area contributed by atoms with Crippen molar-refractivity contribution in [1.29, 1.82) is 0 Å². The molecule has 3 rings (SSSR count). The molecule has 0 unspecified atom stereocenters. The Morgan fingerprint density at radius 3 is 2.68 bits per heavy atom. The van der Waals surface area contributed by atoms with Crippen LogP contribution in [0.1, 0.15) is 48.6 Å². The molecule has 1 saturated heterocycles. The van der Waals surface area contributed by atoms with Gasteiger partial charge in [-0.05, 0) is 18.8 Å². The van der Waals surface area contributed by atoms with Gasteiger partial charge < -0.3 is 5.11 Å². The number of rotatable bonds is 4. The standard InChI is InChI=1S/C13H20N4O2/c18-13(19)12-9-17(15-14-12)11-7-16(8-11)6-10-4-2-1-3-5-10/h9-11H,1-8H2,(H,18,19). The molecular weight excluding hydrogens is 244 g/mol. The number of nitrogens with zero attached hydrogens (tertiary/aromatic N) is 4. The van der Waals surface area contributed by atoms with Gasteiger partial charge in [0.2, 0.25) is 0 Å². The van der Waals surface area contributed by atoms with Crippen LogP contribution >= 0.6 is 0 Å². The minimum absolute atomic E-state index is 0.0331. The minimum atomic E-state index is -1.01. The molecule has 0 spiro atoms. The third kappa shape index (κ3) is 2.78. The summed E-state index contributed by atoms with van der Waals surface area (Å²) in [5.41, 5.74) is 0.0331. The van der Waals surface area contributed by atoms with Gasteiger partial charge in [-0.2, -0.15) is 0 Å². The molecule has 0 amide bonds. The molecule has 0 aromatic carbocycles. The predicted octanol–water partition coefficient (Wildman–Crippen LogP) is 1.41. The van der Waals surface area contributed by atoms with E-state index in [4.69, 9.17) is 5.11 Å². The molecule has 0 bridgehead atoms. The molecule has 1 aromatic rings. The van der Waals surface area contributed by atoms with E-state index in [1.807, 2.05) is 0 Å². The van der Waals surface area contributed by atoms with Gasteiger partial charge in [-0.3, -0.25) is 4.90 Å². The molecule has 1 saturated carbocycles. The molecule has 19 heavy (non-hydrogen) atoms. The maximum absolute atomic E-state index is 10.7. The summed E-state index contributed by atoms with van der Waals surface area (Å²) in [5.74, 6) is -0.148. The van der Waals surface area contributed by atoms with Gasteiger partial charge in [-0.25, -0.2) is 9.48 Å². The number of carboxylic acid groups (broad SMARTS) is 1. The summed E-state index contributed by atoms with van der Waals surface area (Å²) in [6.07, 6.45) is 8.43. The quantitative estimate of drug-likeness (QED) is 0.890. The molecule has 2 fully saturated rings. The second-order valence-corrected chi connectivity index (χ2v) is 5.77. The number of aromatic carboxylic acids is 1. The van der Waals surface area contributed by atoms with E-state index < -0.39 is 5.97 Å². The van der Waals surface area contributed by atoms with Crippen molar-refractivity contribution in [2.75, 3.05) is 19.6 Å². The Labute approximate surface area is 112 Å². The van der Waals surface area contributed by atoms with Gasteiger partial charge in [-0.15, -0.1) is 5.10 Å². The lowest BCUT2D eigenvalue weighted by atomic mass is 9.88. The van der Waals surface area contributed by atoms with Gasteiger partial charge in [-0.1, -0.05) is 24.5 Å². The maximum Gasteiger partial charge on any atom is 0.358 e. The first-order chi connectivity index (χ1) is 9.22. The highest BCUT2D eigenvalue weighted by molar-refractivity contribution is 5.84. The molecule has 104 valence electrons. The Hall–Kier alpha value is -1.43. The topological polar surface area (TPSA) is 71.2 Å². The number of likely N-dealkylation sites (tertiary alicyclic amines) is 1. The Morgan fingerprint density at radius 2 is 2.05 bits per heavy atom. The number of carbonyl (C=O) groups is 1. The lowest BCUT2D eigenvalue weighted by Gasteiger charge is -2.41. The monoisotopic (exact) mass is 264 g/mol. The molecule has 2 aliphatic rings. The first-order valence-electron chi connectivity index (χ1n) is 7.10. The van der Waals surface area contributed by atoms with Crippen LogP contribution in [0.3, 0.4) is 0 Å². The van der Waals surface area contributed by atoms with Gasteiger partial charge in [0.15, 0.2) is 5.69 Å². The van der Waals surface area contributed by atoms with Crippen molar-refractivity contribution < 1.29 is 9.90 Å². The molecule has 6 heteroatoms. The van der Waals surface area contributed by atoms with E-state index in [-0.39, 0.29) is 5.69 Å². The Morgan fingerprint density at radius 1 is 1.32 bits per heavy atom. The lowest BCUT2D eigenvalue weighted by molar-refractivity contribution is 0.0687. The van der Waals surface area contributed by atoms with Crippen molar-refractivity contribution in [3.05, 3.63) is 11.9 Å². The zero-order valence-corrected chi connectivity index (χ0v) is 11.0. The van der Waals surface area contributed by atoms with Crippen LogP contribution in [0, 0.1) is 5.92 Å². The fourth-order valence-corrected chi connectivity index (χ4v) is 3.15. The van der Waals surface area contributed by atoms with E-state index in [1.165, 1.54) is 44.8 Å². The molecular formula is C13H20N4O2. The summed E-state index contributed by atoms with van der Waals surface area (Å²) in [6.45, 7) is 3.13. The molecule has 0 radical (unpaired) electrons. The number of hydrogen-bond acceptors (Lipinski definition) is 4. The smallest absolute Gasteiger partial charge is 0.358 e. The fourth-order valence-electron chi connectivity index (χ4n) is 3.15. The van der Waals surface area contributed by atoms with E-state index in [0.717, 1.165) is 19.0 Å². The van der Waals surface area contributed by atoms with E-state index in [2.05, 4.69) is 15.2 Å². The van der Waals surface area contributed by atoms with Crippen LogP contribution < -0.4 is 0 Å². The lowest BCUT2D eigenvalue weighted by Crippen LogP contribution is -2.49. The van der Waals surface area contributed by atoms with Crippen LogP contribution in [-0.4, -0.2) is 50.6 Å². The summed E-state index contributed by atoms with van der Waals surface area (Å²) < 4.78 is 1.70. The maximum atomic E-state index is 10.7.